The van der Waals surface area contributed by atoms with E-state index in [4.69, 9.17) is 4.74 Å². The minimum atomic E-state index is 0.681. The number of rotatable bonds is 4. The molecule has 1 heterocycles. The van der Waals surface area contributed by atoms with Crippen LogP contribution in [-0.4, -0.2) is 18.1 Å². The summed E-state index contributed by atoms with van der Waals surface area (Å²) in [6, 6.07) is 10.9. The number of para-hydroxylation sites is 1. The van der Waals surface area contributed by atoms with E-state index in [9.17, 15) is 0 Å². The van der Waals surface area contributed by atoms with E-state index in [2.05, 4.69) is 35.4 Å². The van der Waals surface area contributed by atoms with Crippen molar-refractivity contribution in [3.63, 3.8) is 0 Å². The predicted octanol–water partition coefficient (Wildman–Crippen LogP) is 2.74. The predicted molar refractivity (Wildman–Crippen MR) is 72.7 cm³/mol. The first-order chi connectivity index (χ1) is 8.78. The van der Waals surface area contributed by atoms with Gasteiger partial charge in [-0.25, -0.2) is 4.98 Å². The molecule has 1 saturated carbocycles. The minimum Gasteiger partial charge on any atom is -0.494 e. The normalized spacial score (nSPS) is 22.1. The summed E-state index contributed by atoms with van der Waals surface area (Å²) in [5, 5.41) is 4.64. The Hall–Kier alpha value is -1.61. The number of benzene rings is 1. The smallest absolute Gasteiger partial charge is 0.145 e. The van der Waals surface area contributed by atoms with Gasteiger partial charge in [0.15, 0.2) is 0 Å². The number of nitrogens with zero attached hydrogens (tertiary/aromatic N) is 1. The van der Waals surface area contributed by atoms with Crippen molar-refractivity contribution in [2.24, 2.45) is 5.92 Å². The van der Waals surface area contributed by atoms with Gasteiger partial charge >= 0.3 is 0 Å². The zero-order valence-electron chi connectivity index (χ0n) is 10.8. The zero-order valence-corrected chi connectivity index (χ0v) is 10.8. The number of nitrogens with one attached hydrogen (secondary N) is 1. The molecule has 0 saturated heterocycles. The number of pyridine rings is 1. The maximum Gasteiger partial charge on any atom is 0.145 e. The Labute approximate surface area is 107 Å². The van der Waals surface area contributed by atoms with Crippen molar-refractivity contribution in [3.05, 3.63) is 36.0 Å². The summed E-state index contributed by atoms with van der Waals surface area (Å²) in [6.07, 6.45) is 1.29. The summed E-state index contributed by atoms with van der Waals surface area (Å²) in [7, 11) is 1.69. The van der Waals surface area contributed by atoms with E-state index in [1.807, 2.05) is 12.1 Å². The molecule has 1 aromatic carbocycles. The van der Waals surface area contributed by atoms with Crippen molar-refractivity contribution in [1.29, 1.82) is 0 Å². The molecular formula is C15H18N2O. The Morgan fingerprint density at radius 2 is 2.17 bits per heavy atom. The lowest BCUT2D eigenvalue weighted by Gasteiger charge is -2.07. The molecule has 0 radical (unpaired) electrons. The van der Waals surface area contributed by atoms with Crippen molar-refractivity contribution in [1.82, 2.24) is 10.3 Å². The number of hydrogen-bond donors (Lipinski definition) is 1. The van der Waals surface area contributed by atoms with Crippen molar-refractivity contribution < 1.29 is 4.74 Å². The highest BCUT2D eigenvalue weighted by Gasteiger charge is 2.31. The largest absolute Gasteiger partial charge is 0.494 e. The minimum absolute atomic E-state index is 0.681. The Kier molecular flexibility index (Phi) is 2.92. The summed E-state index contributed by atoms with van der Waals surface area (Å²) < 4.78 is 5.35. The van der Waals surface area contributed by atoms with Gasteiger partial charge in [-0.05, 0) is 24.5 Å². The van der Waals surface area contributed by atoms with Gasteiger partial charge in [-0.3, -0.25) is 0 Å². The van der Waals surface area contributed by atoms with Crippen LogP contribution in [0.1, 0.15) is 19.0 Å². The molecule has 1 fully saturated rings. The molecule has 2 atom stereocenters. The lowest BCUT2D eigenvalue weighted by molar-refractivity contribution is 0.418. The van der Waals surface area contributed by atoms with Crippen LogP contribution in [0, 0.1) is 5.92 Å². The van der Waals surface area contributed by atoms with E-state index >= 15 is 0 Å². The molecule has 0 amide bonds. The summed E-state index contributed by atoms with van der Waals surface area (Å²) in [4.78, 5) is 4.68. The Morgan fingerprint density at radius 1 is 1.33 bits per heavy atom. The molecule has 0 spiro atoms. The Balaban J connectivity index is 1.84. The van der Waals surface area contributed by atoms with Crippen LogP contribution in [0.2, 0.25) is 0 Å². The van der Waals surface area contributed by atoms with Gasteiger partial charge in [-0.2, -0.15) is 0 Å². The van der Waals surface area contributed by atoms with Gasteiger partial charge in [-0.1, -0.05) is 25.1 Å². The second-order valence-corrected chi connectivity index (χ2v) is 5.03. The third-order valence-electron chi connectivity index (χ3n) is 3.62. The fraction of sp³-hybridized carbons (Fsp3) is 0.400. The van der Waals surface area contributed by atoms with Crippen LogP contribution in [0.5, 0.6) is 5.75 Å². The summed E-state index contributed by atoms with van der Waals surface area (Å²) in [5.41, 5.74) is 2.02. The lowest BCUT2D eigenvalue weighted by Crippen LogP contribution is -2.17. The number of methoxy groups -OCH3 is 1. The number of aromatic nitrogens is 1. The first-order valence-corrected chi connectivity index (χ1v) is 6.44. The molecule has 1 aromatic heterocycles. The van der Waals surface area contributed by atoms with Crippen molar-refractivity contribution >= 4 is 10.9 Å². The third-order valence-corrected chi connectivity index (χ3v) is 3.62. The molecule has 3 heteroatoms. The highest BCUT2D eigenvalue weighted by atomic mass is 16.5. The average molecular weight is 242 g/mol. The van der Waals surface area contributed by atoms with Gasteiger partial charge in [0, 0.05) is 18.0 Å². The number of hydrogen-bond acceptors (Lipinski definition) is 3. The molecule has 2 aromatic rings. The number of fused-ring (bicyclic) bond motifs is 1. The van der Waals surface area contributed by atoms with E-state index in [-0.39, 0.29) is 0 Å². The van der Waals surface area contributed by atoms with Crippen molar-refractivity contribution in [2.45, 2.75) is 25.9 Å². The van der Waals surface area contributed by atoms with Crippen molar-refractivity contribution in [3.8, 4) is 5.75 Å². The molecule has 18 heavy (non-hydrogen) atoms. The standard InChI is InChI=1S/C15H18N2O/c1-10-8-13(10)16-9-12-7-6-11-4-3-5-14(18-2)15(11)17-12/h3-7,10,13,16H,8-9H2,1-2H3. The van der Waals surface area contributed by atoms with Gasteiger partial charge in [0.25, 0.3) is 0 Å². The highest BCUT2D eigenvalue weighted by molar-refractivity contribution is 5.84. The monoisotopic (exact) mass is 242 g/mol. The molecule has 1 aliphatic rings. The Morgan fingerprint density at radius 3 is 2.89 bits per heavy atom. The van der Waals surface area contributed by atoms with Crippen LogP contribution in [0.15, 0.2) is 30.3 Å². The maximum atomic E-state index is 5.35. The van der Waals surface area contributed by atoms with Gasteiger partial charge < -0.3 is 10.1 Å². The fourth-order valence-electron chi connectivity index (χ4n) is 2.27. The summed E-state index contributed by atoms with van der Waals surface area (Å²) in [6.45, 7) is 3.11. The van der Waals surface area contributed by atoms with Crippen LogP contribution >= 0.6 is 0 Å². The van der Waals surface area contributed by atoms with E-state index in [1.54, 1.807) is 7.11 Å². The number of ether oxygens (including phenoxy) is 1. The van der Waals surface area contributed by atoms with Gasteiger partial charge in [0.1, 0.15) is 11.3 Å². The molecular weight excluding hydrogens is 224 g/mol. The molecule has 2 unspecified atom stereocenters. The summed E-state index contributed by atoms with van der Waals surface area (Å²) in [5.74, 6) is 1.66. The molecule has 94 valence electrons. The SMILES string of the molecule is COc1cccc2ccc(CNC3CC3C)nc12. The zero-order chi connectivity index (χ0) is 12.5. The molecule has 1 N–H and O–H groups in total. The molecule has 1 aliphatic carbocycles. The van der Waals surface area contributed by atoms with Crippen LogP contribution in [0.4, 0.5) is 0 Å². The van der Waals surface area contributed by atoms with Crippen molar-refractivity contribution in [2.75, 3.05) is 7.11 Å². The van der Waals surface area contributed by atoms with Crippen LogP contribution in [0.25, 0.3) is 10.9 Å². The fourth-order valence-corrected chi connectivity index (χ4v) is 2.27. The van der Waals surface area contributed by atoms with Gasteiger partial charge in [0.05, 0.1) is 12.8 Å². The highest BCUT2D eigenvalue weighted by Crippen LogP contribution is 2.29. The first-order valence-electron chi connectivity index (χ1n) is 6.44. The van der Waals surface area contributed by atoms with E-state index in [0.717, 1.165) is 34.8 Å². The maximum absolute atomic E-state index is 5.35. The third kappa shape index (κ3) is 2.18. The summed E-state index contributed by atoms with van der Waals surface area (Å²) >= 11 is 0. The van der Waals surface area contributed by atoms with Gasteiger partial charge in [0.2, 0.25) is 0 Å². The lowest BCUT2D eigenvalue weighted by atomic mass is 10.2. The average Bonchev–Trinajstić information content (AvgIpc) is 3.11. The Bertz CT molecular complexity index is 567. The first kappa shape index (κ1) is 11.5. The van der Waals surface area contributed by atoms with E-state index in [0.29, 0.717) is 6.04 Å². The van der Waals surface area contributed by atoms with Gasteiger partial charge in [-0.15, -0.1) is 0 Å². The van der Waals surface area contributed by atoms with E-state index in [1.165, 1.54) is 6.42 Å². The molecule has 3 nitrogen and oxygen atoms in total. The topological polar surface area (TPSA) is 34.1 Å². The molecule has 0 aliphatic heterocycles. The van der Waals surface area contributed by atoms with Crippen LogP contribution < -0.4 is 10.1 Å². The molecule has 3 rings (SSSR count). The van der Waals surface area contributed by atoms with Crippen LogP contribution in [-0.2, 0) is 6.54 Å². The van der Waals surface area contributed by atoms with E-state index < -0.39 is 0 Å². The molecule has 0 bridgehead atoms. The van der Waals surface area contributed by atoms with Crippen LogP contribution in [0.3, 0.4) is 0 Å². The second kappa shape index (κ2) is 4.58. The second-order valence-electron chi connectivity index (χ2n) is 5.03. The quantitative estimate of drug-likeness (QED) is 0.895.